The first-order chi connectivity index (χ1) is 13.6. The van der Waals surface area contributed by atoms with E-state index in [2.05, 4.69) is 26.1 Å². The second kappa shape index (κ2) is 9.34. The maximum absolute atomic E-state index is 12.3. The van der Waals surface area contributed by atoms with Crippen LogP contribution in [0.4, 0.5) is 5.69 Å². The average molecular weight is 417 g/mol. The summed E-state index contributed by atoms with van der Waals surface area (Å²) in [6, 6.07) is 14.7. The molecule has 0 spiro atoms. The molecule has 0 aliphatic carbocycles. The van der Waals surface area contributed by atoms with Gasteiger partial charge in [0.15, 0.2) is 0 Å². The standard InChI is InChI=1S/C18H17ClN6O2S/c1-3-27-17(26)16(21-20-14-6-4-5-13(19)11-14)28-18-22-23-24-25(18)15-9-7-12(2)8-10-15/h4-11,20H,3H2,1-2H3/b21-16-. The highest BCUT2D eigenvalue weighted by Gasteiger charge is 2.20. The molecular formula is C18H17ClN6O2S. The lowest BCUT2D eigenvalue weighted by molar-refractivity contribution is -0.134. The number of thioether (sulfide) groups is 1. The monoisotopic (exact) mass is 416 g/mol. The van der Waals surface area contributed by atoms with E-state index in [0.717, 1.165) is 23.0 Å². The van der Waals surface area contributed by atoms with E-state index in [0.29, 0.717) is 15.9 Å². The molecule has 0 atom stereocenters. The maximum atomic E-state index is 12.3. The largest absolute Gasteiger partial charge is 0.461 e. The molecule has 0 amide bonds. The average Bonchev–Trinajstić information content (AvgIpc) is 3.14. The van der Waals surface area contributed by atoms with E-state index in [9.17, 15) is 4.79 Å². The fraction of sp³-hybridized carbons (Fsp3) is 0.167. The summed E-state index contributed by atoms with van der Waals surface area (Å²) in [5, 5.41) is 16.8. The van der Waals surface area contributed by atoms with Crippen molar-refractivity contribution < 1.29 is 9.53 Å². The van der Waals surface area contributed by atoms with Crippen molar-refractivity contribution in [2.45, 2.75) is 19.0 Å². The lowest BCUT2D eigenvalue weighted by atomic mass is 10.2. The molecule has 0 radical (unpaired) electrons. The number of esters is 1. The van der Waals surface area contributed by atoms with Gasteiger partial charge in [-0.25, -0.2) is 4.79 Å². The molecule has 0 saturated heterocycles. The van der Waals surface area contributed by atoms with E-state index >= 15 is 0 Å². The van der Waals surface area contributed by atoms with Gasteiger partial charge in [-0.2, -0.15) is 9.78 Å². The first-order valence-corrected chi connectivity index (χ1v) is 9.56. The number of anilines is 1. The number of hydrogen-bond acceptors (Lipinski definition) is 8. The number of carbonyl (C=O) groups is 1. The van der Waals surface area contributed by atoms with Crippen LogP contribution in [0, 0.1) is 6.92 Å². The van der Waals surface area contributed by atoms with Crippen LogP contribution in [0.2, 0.25) is 5.02 Å². The lowest BCUT2D eigenvalue weighted by Gasteiger charge is -2.08. The zero-order valence-electron chi connectivity index (χ0n) is 15.2. The number of nitrogens with one attached hydrogen (secondary N) is 1. The van der Waals surface area contributed by atoms with Crippen molar-refractivity contribution in [3.63, 3.8) is 0 Å². The number of rotatable bonds is 5. The second-order valence-electron chi connectivity index (χ2n) is 5.57. The van der Waals surface area contributed by atoms with Gasteiger partial charge in [0.2, 0.25) is 10.2 Å². The predicted molar refractivity (Wildman–Crippen MR) is 109 cm³/mol. The molecule has 10 heteroatoms. The van der Waals surface area contributed by atoms with E-state index in [-0.39, 0.29) is 11.7 Å². The Morgan fingerprint density at radius 1 is 1.29 bits per heavy atom. The third kappa shape index (κ3) is 5.08. The van der Waals surface area contributed by atoms with Gasteiger partial charge in [-0.15, -0.1) is 5.10 Å². The van der Waals surface area contributed by atoms with Gasteiger partial charge in [0.05, 0.1) is 18.0 Å². The normalized spacial score (nSPS) is 11.3. The third-order valence-electron chi connectivity index (χ3n) is 3.47. The Hall–Kier alpha value is -2.91. The number of tetrazole rings is 1. The SMILES string of the molecule is CCOC(=O)/C(=N/Nc1cccc(Cl)c1)Sc1nnnn1-c1ccc(C)cc1. The first kappa shape index (κ1) is 19.8. The molecule has 2 aromatic carbocycles. The Labute approximate surface area is 170 Å². The van der Waals surface area contributed by atoms with Crippen LogP contribution in [0.25, 0.3) is 5.69 Å². The van der Waals surface area contributed by atoms with Gasteiger partial charge in [-0.1, -0.05) is 35.4 Å². The number of aromatic nitrogens is 4. The summed E-state index contributed by atoms with van der Waals surface area (Å²) < 4.78 is 6.62. The summed E-state index contributed by atoms with van der Waals surface area (Å²) >= 11 is 6.97. The Morgan fingerprint density at radius 3 is 2.79 bits per heavy atom. The highest BCUT2D eigenvalue weighted by Crippen LogP contribution is 2.22. The molecule has 0 aliphatic rings. The summed E-state index contributed by atoms with van der Waals surface area (Å²) in [4.78, 5) is 12.3. The summed E-state index contributed by atoms with van der Waals surface area (Å²) in [5.74, 6) is -0.583. The number of hydrazone groups is 1. The van der Waals surface area contributed by atoms with Gasteiger partial charge in [0.1, 0.15) is 0 Å². The van der Waals surface area contributed by atoms with Gasteiger partial charge < -0.3 is 4.74 Å². The molecular weight excluding hydrogens is 400 g/mol. The van der Waals surface area contributed by atoms with Crippen molar-refractivity contribution in [3.05, 3.63) is 59.1 Å². The highest BCUT2D eigenvalue weighted by atomic mass is 35.5. The Kier molecular flexibility index (Phi) is 6.62. The molecule has 28 heavy (non-hydrogen) atoms. The Morgan fingerprint density at radius 2 is 2.07 bits per heavy atom. The smallest absolute Gasteiger partial charge is 0.365 e. The molecule has 144 valence electrons. The van der Waals surface area contributed by atoms with Crippen LogP contribution in [0.15, 0.2) is 58.8 Å². The van der Waals surface area contributed by atoms with E-state index in [1.807, 2.05) is 31.2 Å². The van der Waals surface area contributed by atoms with Gasteiger partial charge >= 0.3 is 5.97 Å². The fourth-order valence-electron chi connectivity index (χ4n) is 2.15. The number of carbonyl (C=O) groups excluding carboxylic acids is 1. The number of halogens is 1. The minimum Gasteiger partial charge on any atom is -0.461 e. The number of ether oxygens (including phenoxy) is 1. The molecule has 3 aromatic rings. The lowest BCUT2D eigenvalue weighted by Crippen LogP contribution is -2.17. The topological polar surface area (TPSA) is 94.3 Å². The number of aryl methyl sites for hydroxylation is 1. The summed E-state index contributed by atoms with van der Waals surface area (Å²) in [6.45, 7) is 3.94. The van der Waals surface area contributed by atoms with Crippen molar-refractivity contribution in [1.82, 2.24) is 20.2 Å². The Balaban J connectivity index is 1.86. The molecule has 0 aliphatic heterocycles. The van der Waals surface area contributed by atoms with Gasteiger partial charge in [0, 0.05) is 5.02 Å². The van der Waals surface area contributed by atoms with Gasteiger partial charge in [-0.3, -0.25) is 5.43 Å². The minimum atomic E-state index is -0.583. The number of benzene rings is 2. The van der Waals surface area contributed by atoms with Crippen molar-refractivity contribution in [2.75, 3.05) is 12.0 Å². The zero-order chi connectivity index (χ0) is 19.9. The van der Waals surface area contributed by atoms with E-state index in [1.165, 1.54) is 4.68 Å². The van der Waals surface area contributed by atoms with Crippen LogP contribution in [0.5, 0.6) is 0 Å². The molecule has 0 fully saturated rings. The van der Waals surface area contributed by atoms with Crippen molar-refractivity contribution in [3.8, 4) is 5.69 Å². The molecule has 1 heterocycles. The number of hydrogen-bond donors (Lipinski definition) is 1. The quantitative estimate of drug-likeness (QED) is 0.223. The van der Waals surface area contributed by atoms with Crippen LogP contribution in [-0.2, 0) is 9.53 Å². The molecule has 3 rings (SSSR count). The zero-order valence-corrected chi connectivity index (χ0v) is 16.7. The number of nitrogens with zero attached hydrogens (tertiary/aromatic N) is 5. The van der Waals surface area contributed by atoms with Crippen molar-refractivity contribution in [2.24, 2.45) is 5.10 Å². The van der Waals surface area contributed by atoms with E-state index in [4.69, 9.17) is 16.3 Å². The van der Waals surface area contributed by atoms with Crippen molar-refractivity contribution >= 4 is 40.1 Å². The second-order valence-corrected chi connectivity index (χ2v) is 6.96. The molecule has 0 bridgehead atoms. The predicted octanol–water partition coefficient (Wildman–Crippen LogP) is 3.70. The summed E-state index contributed by atoms with van der Waals surface area (Å²) in [5.41, 5.74) is 5.32. The van der Waals surface area contributed by atoms with E-state index in [1.54, 1.807) is 31.2 Å². The summed E-state index contributed by atoms with van der Waals surface area (Å²) in [7, 11) is 0. The van der Waals surface area contributed by atoms with Crippen LogP contribution < -0.4 is 5.43 Å². The minimum absolute atomic E-state index is 0.0602. The summed E-state index contributed by atoms with van der Waals surface area (Å²) in [6.07, 6.45) is 0. The molecule has 1 aromatic heterocycles. The fourth-order valence-corrected chi connectivity index (χ4v) is 3.06. The molecule has 1 N–H and O–H groups in total. The van der Waals surface area contributed by atoms with Crippen LogP contribution in [-0.4, -0.2) is 37.8 Å². The van der Waals surface area contributed by atoms with E-state index < -0.39 is 5.97 Å². The molecule has 8 nitrogen and oxygen atoms in total. The third-order valence-corrected chi connectivity index (χ3v) is 4.59. The highest BCUT2D eigenvalue weighted by molar-refractivity contribution is 8.15. The maximum Gasteiger partial charge on any atom is 0.365 e. The Bertz CT molecular complexity index is 990. The van der Waals surface area contributed by atoms with Gasteiger partial charge in [-0.05, 0) is 66.4 Å². The molecule has 0 saturated carbocycles. The van der Waals surface area contributed by atoms with Crippen LogP contribution in [0.3, 0.4) is 0 Å². The first-order valence-electron chi connectivity index (χ1n) is 8.36. The van der Waals surface area contributed by atoms with Crippen LogP contribution in [0.1, 0.15) is 12.5 Å². The van der Waals surface area contributed by atoms with Crippen molar-refractivity contribution in [1.29, 1.82) is 0 Å². The van der Waals surface area contributed by atoms with Gasteiger partial charge in [0.25, 0.3) is 0 Å². The molecule has 0 unspecified atom stereocenters. The van der Waals surface area contributed by atoms with Crippen LogP contribution >= 0.6 is 23.4 Å².